The minimum Gasteiger partial charge on any atom is -0.493 e. The van der Waals surface area contributed by atoms with Crippen LogP contribution in [0.15, 0.2) is 18.2 Å². The maximum atomic E-state index is 12.5. The molecule has 24 heavy (non-hydrogen) atoms. The van der Waals surface area contributed by atoms with Crippen molar-refractivity contribution >= 4 is 17.6 Å². The number of ether oxygens (including phenoxy) is 3. The number of esters is 1. The predicted octanol–water partition coefficient (Wildman–Crippen LogP) is 3.41. The Bertz CT molecular complexity index is 573. The van der Waals surface area contributed by atoms with Crippen molar-refractivity contribution in [3.05, 3.63) is 23.8 Å². The van der Waals surface area contributed by atoms with Crippen LogP contribution in [0.4, 0.5) is 5.69 Å². The quantitative estimate of drug-likeness (QED) is 0.699. The number of hydrogen-bond donors (Lipinski definition) is 1. The first-order valence-electron chi connectivity index (χ1n) is 8.31. The van der Waals surface area contributed by atoms with Crippen LogP contribution >= 0.6 is 0 Å². The van der Waals surface area contributed by atoms with Crippen molar-refractivity contribution in [1.82, 2.24) is 0 Å². The summed E-state index contributed by atoms with van der Waals surface area (Å²) in [6.45, 7) is 10.2. The summed E-state index contributed by atoms with van der Waals surface area (Å²) in [6.07, 6.45) is 0.536. The van der Waals surface area contributed by atoms with Crippen molar-refractivity contribution in [2.75, 3.05) is 25.1 Å². The fourth-order valence-electron chi connectivity index (χ4n) is 2.17. The molecule has 6 nitrogen and oxygen atoms in total. The van der Waals surface area contributed by atoms with Gasteiger partial charge in [-0.05, 0) is 52.3 Å². The highest BCUT2D eigenvalue weighted by Crippen LogP contribution is 2.25. The van der Waals surface area contributed by atoms with E-state index in [1.807, 2.05) is 20.8 Å². The largest absolute Gasteiger partial charge is 0.493 e. The number of benzene rings is 1. The monoisotopic (exact) mass is 337 g/mol. The number of carbonyl (C=O) groups is 2. The standard InChI is InChI=1S/C18H27NO5/c1-6-18(5,24-9-4)17(21)19-13-10-11-15(22-7-2)14(12-13)16(20)23-8-3/h10-12H,6-9H2,1-5H3,(H,19,21)/t18-/m1/s1. The number of amides is 1. The van der Waals surface area contributed by atoms with Gasteiger partial charge in [-0.15, -0.1) is 0 Å². The molecular formula is C18H27NO5. The van der Waals surface area contributed by atoms with Gasteiger partial charge in [0, 0.05) is 12.3 Å². The Morgan fingerprint density at radius 2 is 1.79 bits per heavy atom. The number of hydrogen-bond acceptors (Lipinski definition) is 5. The second-order valence-corrected chi connectivity index (χ2v) is 5.34. The summed E-state index contributed by atoms with van der Waals surface area (Å²) < 4.78 is 16.1. The summed E-state index contributed by atoms with van der Waals surface area (Å²) >= 11 is 0. The molecule has 1 atom stereocenters. The van der Waals surface area contributed by atoms with Crippen LogP contribution < -0.4 is 10.1 Å². The summed E-state index contributed by atoms with van der Waals surface area (Å²) in [5.41, 5.74) is -0.144. The van der Waals surface area contributed by atoms with Crippen molar-refractivity contribution in [1.29, 1.82) is 0 Å². The summed E-state index contributed by atoms with van der Waals surface area (Å²) in [6, 6.07) is 4.89. The van der Waals surface area contributed by atoms with E-state index in [1.165, 1.54) is 0 Å². The number of nitrogens with one attached hydrogen (secondary N) is 1. The van der Waals surface area contributed by atoms with Crippen molar-refractivity contribution in [2.24, 2.45) is 0 Å². The normalized spacial score (nSPS) is 13.0. The van der Waals surface area contributed by atoms with Gasteiger partial charge in [-0.25, -0.2) is 4.79 Å². The van der Waals surface area contributed by atoms with Gasteiger partial charge in [-0.3, -0.25) is 4.79 Å². The molecule has 0 fully saturated rings. The van der Waals surface area contributed by atoms with Gasteiger partial charge in [-0.1, -0.05) is 6.92 Å². The van der Waals surface area contributed by atoms with Crippen LogP contribution in [0.3, 0.4) is 0 Å². The average Bonchev–Trinajstić information content (AvgIpc) is 2.56. The van der Waals surface area contributed by atoms with E-state index in [0.29, 0.717) is 31.1 Å². The lowest BCUT2D eigenvalue weighted by molar-refractivity contribution is -0.139. The third kappa shape index (κ3) is 4.96. The number of anilines is 1. The van der Waals surface area contributed by atoms with Gasteiger partial charge in [0.2, 0.25) is 0 Å². The van der Waals surface area contributed by atoms with Crippen LogP contribution in [0.2, 0.25) is 0 Å². The third-order valence-corrected chi connectivity index (χ3v) is 3.65. The molecule has 0 unspecified atom stereocenters. The molecule has 1 aromatic rings. The van der Waals surface area contributed by atoms with E-state index in [1.54, 1.807) is 32.0 Å². The van der Waals surface area contributed by atoms with E-state index in [0.717, 1.165) is 0 Å². The topological polar surface area (TPSA) is 73.9 Å². The van der Waals surface area contributed by atoms with Gasteiger partial charge in [0.15, 0.2) is 0 Å². The Balaban J connectivity index is 3.06. The van der Waals surface area contributed by atoms with Crippen LogP contribution in [0, 0.1) is 0 Å². The van der Waals surface area contributed by atoms with E-state index >= 15 is 0 Å². The van der Waals surface area contributed by atoms with Crippen molar-refractivity contribution in [2.45, 2.75) is 46.6 Å². The van der Waals surface area contributed by atoms with Crippen molar-refractivity contribution in [3.63, 3.8) is 0 Å². The molecule has 1 amide bonds. The Kier molecular flexibility index (Phi) is 7.71. The van der Waals surface area contributed by atoms with Gasteiger partial charge < -0.3 is 19.5 Å². The van der Waals surface area contributed by atoms with Crippen molar-refractivity contribution < 1.29 is 23.8 Å². The Hall–Kier alpha value is -2.08. The first-order chi connectivity index (χ1) is 11.4. The van der Waals surface area contributed by atoms with Gasteiger partial charge in [0.1, 0.15) is 16.9 Å². The van der Waals surface area contributed by atoms with Crippen LogP contribution in [-0.4, -0.2) is 37.3 Å². The van der Waals surface area contributed by atoms with E-state index in [9.17, 15) is 9.59 Å². The zero-order valence-electron chi connectivity index (χ0n) is 15.1. The zero-order chi connectivity index (χ0) is 18.2. The van der Waals surface area contributed by atoms with Crippen LogP contribution in [0.25, 0.3) is 0 Å². The van der Waals surface area contributed by atoms with Crippen LogP contribution in [0.1, 0.15) is 51.4 Å². The first-order valence-corrected chi connectivity index (χ1v) is 8.31. The molecular weight excluding hydrogens is 310 g/mol. The lowest BCUT2D eigenvalue weighted by Crippen LogP contribution is -2.42. The summed E-state index contributed by atoms with van der Waals surface area (Å²) in [5, 5.41) is 2.80. The lowest BCUT2D eigenvalue weighted by Gasteiger charge is -2.26. The van der Waals surface area contributed by atoms with Gasteiger partial charge >= 0.3 is 5.97 Å². The average molecular weight is 337 g/mol. The Labute approximate surface area is 143 Å². The molecule has 0 radical (unpaired) electrons. The maximum absolute atomic E-state index is 12.5. The van der Waals surface area contributed by atoms with Crippen LogP contribution in [0.5, 0.6) is 5.75 Å². The molecule has 0 aliphatic carbocycles. The zero-order valence-corrected chi connectivity index (χ0v) is 15.1. The maximum Gasteiger partial charge on any atom is 0.341 e. The molecule has 0 aromatic heterocycles. The van der Waals surface area contributed by atoms with Gasteiger partial charge in [0.25, 0.3) is 5.91 Å². The highest BCUT2D eigenvalue weighted by Gasteiger charge is 2.32. The van der Waals surface area contributed by atoms with E-state index < -0.39 is 11.6 Å². The molecule has 0 spiro atoms. The second kappa shape index (κ2) is 9.27. The molecule has 1 N–H and O–H groups in total. The third-order valence-electron chi connectivity index (χ3n) is 3.65. The first kappa shape index (κ1) is 20.0. The fraction of sp³-hybridized carbons (Fsp3) is 0.556. The second-order valence-electron chi connectivity index (χ2n) is 5.34. The summed E-state index contributed by atoms with van der Waals surface area (Å²) in [7, 11) is 0. The number of carbonyl (C=O) groups excluding carboxylic acids is 2. The Morgan fingerprint density at radius 1 is 1.08 bits per heavy atom. The minimum absolute atomic E-state index is 0.259. The van der Waals surface area contributed by atoms with E-state index in [4.69, 9.17) is 14.2 Å². The summed E-state index contributed by atoms with van der Waals surface area (Å²) in [4.78, 5) is 24.6. The molecule has 0 aliphatic rings. The molecule has 1 aromatic carbocycles. The predicted molar refractivity (Wildman–Crippen MR) is 92.5 cm³/mol. The van der Waals surface area contributed by atoms with E-state index in [2.05, 4.69) is 5.32 Å². The molecule has 134 valence electrons. The molecule has 0 saturated carbocycles. The van der Waals surface area contributed by atoms with Gasteiger partial charge in [-0.2, -0.15) is 0 Å². The molecule has 0 bridgehead atoms. The molecule has 1 rings (SSSR count). The van der Waals surface area contributed by atoms with Crippen LogP contribution in [-0.2, 0) is 14.3 Å². The molecule has 0 aliphatic heterocycles. The molecule has 6 heteroatoms. The highest BCUT2D eigenvalue weighted by molar-refractivity contribution is 5.99. The highest BCUT2D eigenvalue weighted by atomic mass is 16.5. The summed E-state index contributed by atoms with van der Waals surface area (Å²) in [5.74, 6) is -0.317. The number of rotatable bonds is 9. The smallest absolute Gasteiger partial charge is 0.341 e. The molecule has 0 heterocycles. The minimum atomic E-state index is -0.919. The Morgan fingerprint density at radius 3 is 2.33 bits per heavy atom. The van der Waals surface area contributed by atoms with E-state index in [-0.39, 0.29) is 18.1 Å². The SMILES string of the molecule is CCOC(=O)c1cc(NC(=O)[C@@](C)(CC)OCC)ccc1OCC. The van der Waals surface area contributed by atoms with Gasteiger partial charge in [0.05, 0.1) is 13.2 Å². The fourth-order valence-corrected chi connectivity index (χ4v) is 2.17. The lowest BCUT2D eigenvalue weighted by atomic mass is 10.0. The van der Waals surface area contributed by atoms with Crippen molar-refractivity contribution in [3.8, 4) is 5.75 Å². The molecule has 0 saturated heterocycles.